The molecule has 0 aliphatic heterocycles. The molecular formula is C11H7ClFNO. The highest BCUT2D eigenvalue weighted by Gasteiger charge is 2.06. The molecule has 0 aliphatic rings. The summed E-state index contributed by atoms with van der Waals surface area (Å²) >= 11 is 5.63. The molecule has 2 aromatic rings. The topological polar surface area (TPSA) is 33.1 Å². The van der Waals surface area contributed by atoms with Gasteiger partial charge in [-0.15, -0.1) is 0 Å². The van der Waals surface area contributed by atoms with E-state index in [1.807, 2.05) is 0 Å². The molecule has 1 N–H and O–H groups in total. The SMILES string of the molecule is Oc1cncc(-c2ccc(Cl)cc2F)c1. The van der Waals surface area contributed by atoms with Gasteiger partial charge >= 0.3 is 0 Å². The molecule has 0 saturated carbocycles. The van der Waals surface area contributed by atoms with Crippen LogP contribution in [-0.2, 0) is 0 Å². The number of aromatic nitrogens is 1. The molecule has 0 atom stereocenters. The van der Waals surface area contributed by atoms with Gasteiger partial charge in [0.1, 0.15) is 11.6 Å². The van der Waals surface area contributed by atoms with Crippen LogP contribution in [0.15, 0.2) is 36.7 Å². The van der Waals surface area contributed by atoms with E-state index < -0.39 is 5.82 Å². The average Bonchev–Trinajstić information content (AvgIpc) is 2.17. The average molecular weight is 224 g/mol. The van der Waals surface area contributed by atoms with Crippen molar-refractivity contribution in [1.29, 1.82) is 0 Å². The number of hydrogen-bond donors (Lipinski definition) is 1. The predicted molar refractivity (Wildman–Crippen MR) is 56.3 cm³/mol. The number of aromatic hydroxyl groups is 1. The maximum absolute atomic E-state index is 13.5. The molecule has 0 saturated heterocycles. The van der Waals surface area contributed by atoms with Gasteiger partial charge in [-0.25, -0.2) is 4.39 Å². The lowest BCUT2D eigenvalue weighted by molar-refractivity contribution is 0.473. The minimum Gasteiger partial charge on any atom is -0.506 e. The summed E-state index contributed by atoms with van der Waals surface area (Å²) in [6, 6.07) is 5.80. The Labute approximate surface area is 91.0 Å². The molecule has 4 heteroatoms. The van der Waals surface area contributed by atoms with Crippen molar-refractivity contribution in [3.8, 4) is 16.9 Å². The maximum Gasteiger partial charge on any atom is 0.134 e. The van der Waals surface area contributed by atoms with Crippen molar-refractivity contribution in [1.82, 2.24) is 4.98 Å². The van der Waals surface area contributed by atoms with Gasteiger partial charge in [-0.05, 0) is 24.3 Å². The van der Waals surface area contributed by atoms with Gasteiger partial charge in [0.15, 0.2) is 0 Å². The Kier molecular flexibility index (Phi) is 2.56. The molecule has 0 radical (unpaired) electrons. The van der Waals surface area contributed by atoms with Crippen LogP contribution in [0.1, 0.15) is 0 Å². The van der Waals surface area contributed by atoms with Crippen LogP contribution >= 0.6 is 11.6 Å². The molecule has 0 bridgehead atoms. The number of pyridine rings is 1. The first-order valence-corrected chi connectivity index (χ1v) is 4.64. The summed E-state index contributed by atoms with van der Waals surface area (Å²) in [5, 5.41) is 9.55. The molecule has 1 heterocycles. The highest BCUT2D eigenvalue weighted by molar-refractivity contribution is 6.30. The molecular weight excluding hydrogens is 217 g/mol. The minimum absolute atomic E-state index is 0.00171. The highest BCUT2D eigenvalue weighted by Crippen LogP contribution is 2.26. The zero-order chi connectivity index (χ0) is 10.8. The summed E-state index contributed by atoms with van der Waals surface area (Å²) in [4.78, 5) is 3.77. The van der Waals surface area contributed by atoms with Crippen LogP contribution in [0.4, 0.5) is 4.39 Å². The molecule has 0 fully saturated rings. The van der Waals surface area contributed by atoms with E-state index in [1.165, 1.54) is 24.5 Å². The molecule has 0 spiro atoms. The Morgan fingerprint density at radius 1 is 1.20 bits per heavy atom. The van der Waals surface area contributed by atoms with Crippen LogP contribution in [-0.4, -0.2) is 10.1 Å². The fourth-order valence-corrected chi connectivity index (χ4v) is 1.46. The Hall–Kier alpha value is -1.61. The molecule has 76 valence electrons. The smallest absolute Gasteiger partial charge is 0.134 e. The van der Waals surface area contributed by atoms with Gasteiger partial charge in [0.05, 0.1) is 6.20 Å². The summed E-state index contributed by atoms with van der Waals surface area (Å²) in [5.74, 6) is -0.434. The summed E-state index contributed by atoms with van der Waals surface area (Å²) < 4.78 is 13.5. The first-order chi connectivity index (χ1) is 7.16. The summed E-state index contributed by atoms with van der Waals surface area (Å²) in [6.45, 7) is 0. The quantitative estimate of drug-likeness (QED) is 0.805. The normalized spacial score (nSPS) is 10.3. The van der Waals surface area contributed by atoms with Gasteiger partial charge in [-0.3, -0.25) is 4.98 Å². The van der Waals surface area contributed by atoms with Crippen LogP contribution in [0.25, 0.3) is 11.1 Å². The minimum atomic E-state index is -0.435. The lowest BCUT2D eigenvalue weighted by atomic mass is 10.1. The van der Waals surface area contributed by atoms with Gasteiger partial charge in [0.25, 0.3) is 0 Å². The third-order valence-electron chi connectivity index (χ3n) is 1.97. The third kappa shape index (κ3) is 2.07. The lowest BCUT2D eigenvalue weighted by Crippen LogP contribution is -1.85. The summed E-state index contributed by atoms with van der Waals surface area (Å²) in [7, 11) is 0. The Morgan fingerprint density at radius 3 is 2.67 bits per heavy atom. The van der Waals surface area contributed by atoms with Crippen LogP contribution in [0, 0.1) is 5.82 Å². The fraction of sp³-hybridized carbons (Fsp3) is 0. The predicted octanol–water partition coefficient (Wildman–Crippen LogP) is 3.25. The summed E-state index contributed by atoms with van der Waals surface area (Å²) in [6.07, 6.45) is 2.77. The second kappa shape index (κ2) is 3.87. The van der Waals surface area contributed by atoms with Crippen LogP contribution < -0.4 is 0 Å². The van der Waals surface area contributed by atoms with Crippen molar-refractivity contribution in [3.63, 3.8) is 0 Å². The monoisotopic (exact) mass is 223 g/mol. The van der Waals surface area contributed by atoms with Crippen molar-refractivity contribution in [2.75, 3.05) is 0 Å². The Morgan fingerprint density at radius 2 is 2.00 bits per heavy atom. The number of hydrogen-bond acceptors (Lipinski definition) is 2. The molecule has 1 aromatic heterocycles. The van der Waals surface area contributed by atoms with Crippen molar-refractivity contribution in [2.24, 2.45) is 0 Å². The van der Waals surface area contributed by atoms with Crippen molar-refractivity contribution < 1.29 is 9.50 Å². The van der Waals surface area contributed by atoms with Crippen molar-refractivity contribution in [3.05, 3.63) is 47.5 Å². The van der Waals surface area contributed by atoms with Gasteiger partial charge in [0.2, 0.25) is 0 Å². The largest absolute Gasteiger partial charge is 0.506 e. The highest BCUT2D eigenvalue weighted by atomic mass is 35.5. The van der Waals surface area contributed by atoms with E-state index in [9.17, 15) is 9.50 Å². The van der Waals surface area contributed by atoms with Gasteiger partial charge in [-0.1, -0.05) is 11.6 Å². The van der Waals surface area contributed by atoms with Gasteiger partial charge in [0, 0.05) is 22.3 Å². The Balaban J connectivity index is 2.54. The number of benzene rings is 1. The molecule has 2 rings (SSSR count). The standard InChI is InChI=1S/C11H7ClFNO/c12-8-1-2-10(11(13)4-8)7-3-9(15)6-14-5-7/h1-6,15H. The second-order valence-corrected chi connectivity index (χ2v) is 3.49. The second-order valence-electron chi connectivity index (χ2n) is 3.06. The van der Waals surface area contributed by atoms with E-state index in [0.717, 1.165) is 0 Å². The van der Waals surface area contributed by atoms with Crippen LogP contribution in [0.2, 0.25) is 5.02 Å². The third-order valence-corrected chi connectivity index (χ3v) is 2.20. The molecule has 0 amide bonds. The van der Waals surface area contributed by atoms with E-state index in [0.29, 0.717) is 16.1 Å². The van der Waals surface area contributed by atoms with Crippen molar-refractivity contribution in [2.45, 2.75) is 0 Å². The number of rotatable bonds is 1. The van der Waals surface area contributed by atoms with Gasteiger partial charge < -0.3 is 5.11 Å². The van der Waals surface area contributed by atoms with E-state index in [2.05, 4.69) is 4.98 Å². The molecule has 2 nitrogen and oxygen atoms in total. The van der Waals surface area contributed by atoms with Gasteiger partial charge in [-0.2, -0.15) is 0 Å². The molecule has 0 aliphatic carbocycles. The first-order valence-electron chi connectivity index (χ1n) is 4.26. The molecule has 15 heavy (non-hydrogen) atoms. The zero-order valence-electron chi connectivity index (χ0n) is 7.61. The van der Waals surface area contributed by atoms with Crippen LogP contribution in [0.3, 0.4) is 0 Å². The van der Waals surface area contributed by atoms with E-state index >= 15 is 0 Å². The molecule has 0 unspecified atom stereocenters. The maximum atomic E-state index is 13.5. The molecule has 1 aromatic carbocycles. The van der Waals surface area contributed by atoms with E-state index in [1.54, 1.807) is 12.1 Å². The summed E-state index contributed by atoms with van der Waals surface area (Å²) in [5.41, 5.74) is 0.881. The van der Waals surface area contributed by atoms with Crippen LogP contribution in [0.5, 0.6) is 5.75 Å². The van der Waals surface area contributed by atoms with E-state index in [-0.39, 0.29) is 5.75 Å². The van der Waals surface area contributed by atoms with E-state index in [4.69, 9.17) is 11.6 Å². The zero-order valence-corrected chi connectivity index (χ0v) is 8.37. The number of halogens is 2. The fourth-order valence-electron chi connectivity index (χ4n) is 1.30. The lowest BCUT2D eigenvalue weighted by Gasteiger charge is -2.03. The Bertz CT molecular complexity index is 502. The first kappa shape index (κ1) is 9.93. The van der Waals surface area contributed by atoms with Crippen molar-refractivity contribution >= 4 is 11.6 Å². The number of nitrogens with zero attached hydrogens (tertiary/aromatic N) is 1.